The second kappa shape index (κ2) is 63.3. The molecule has 0 aliphatic heterocycles. The lowest BCUT2D eigenvalue weighted by Crippen LogP contribution is -2.30. The van der Waals surface area contributed by atoms with Gasteiger partial charge in [-0.3, -0.25) is 14.4 Å². The molecule has 0 aromatic heterocycles. The highest BCUT2D eigenvalue weighted by molar-refractivity contribution is 5.71. The normalized spacial score (nSPS) is 12.9. The van der Waals surface area contributed by atoms with Crippen LogP contribution in [0.3, 0.4) is 0 Å². The van der Waals surface area contributed by atoms with Crippen LogP contribution in [-0.4, -0.2) is 37.2 Å². The first-order valence-electron chi connectivity index (χ1n) is 31.5. The van der Waals surface area contributed by atoms with Crippen LogP contribution >= 0.6 is 0 Å². The monoisotopic (exact) mass is 1050 g/mol. The van der Waals surface area contributed by atoms with E-state index in [1.54, 1.807) is 0 Å². The Morgan fingerprint density at radius 3 is 0.829 bits per heavy atom. The quantitative estimate of drug-likeness (QED) is 0.0261. The number of carbonyl (C=O) groups excluding carboxylic acids is 3. The van der Waals surface area contributed by atoms with Gasteiger partial charge in [0.15, 0.2) is 6.10 Å². The summed E-state index contributed by atoms with van der Waals surface area (Å²) in [5.74, 6) is -0.908. The number of unbranched alkanes of at least 4 members (excludes halogenated alkanes) is 25. The van der Waals surface area contributed by atoms with Gasteiger partial charge in [-0.15, -0.1) is 0 Å². The van der Waals surface area contributed by atoms with Crippen molar-refractivity contribution in [3.8, 4) is 0 Å². The molecule has 0 spiro atoms. The van der Waals surface area contributed by atoms with E-state index in [0.717, 1.165) is 128 Å². The van der Waals surface area contributed by atoms with Crippen molar-refractivity contribution in [2.45, 2.75) is 290 Å². The molecule has 0 saturated carbocycles. The van der Waals surface area contributed by atoms with Crippen molar-refractivity contribution in [2.24, 2.45) is 0 Å². The Morgan fingerprint density at radius 1 is 0.276 bits per heavy atom. The summed E-state index contributed by atoms with van der Waals surface area (Å²) in [6.45, 7) is 6.43. The van der Waals surface area contributed by atoms with Crippen LogP contribution in [0.1, 0.15) is 284 Å². The Labute approximate surface area is 469 Å². The van der Waals surface area contributed by atoms with E-state index in [-0.39, 0.29) is 31.1 Å². The topological polar surface area (TPSA) is 78.9 Å². The Balaban J connectivity index is 4.10. The van der Waals surface area contributed by atoms with Crippen molar-refractivity contribution < 1.29 is 28.6 Å². The molecule has 0 aromatic carbocycles. The summed E-state index contributed by atoms with van der Waals surface area (Å²) in [4.78, 5) is 38.0. The predicted octanol–water partition coefficient (Wildman–Crippen LogP) is 21.6. The Kier molecular flexibility index (Phi) is 59.9. The molecule has 6 heteroatoms. The molecule has 0 aromatic rings. The molecule has 0 rings (SSSR count). The van der Waals surface area contributed by atoms with Gasteiger partial charge in [0.05, 0.1) is 0 Å². The average Bonchev–Trinajstić information content (AvgIpc) is 3.42. The number of rotatable bonds is 56. The molecule has 0 fully saturated rings. The lowest BCUT2D eigenvalue weighted by Gasteiger charge is -2.18. The first kappa shape index (κ1) is 71.8. The van der Waals surface area contributed by atoms with E-state index < -0.39 is 6.10 Å². The van der Waals surface area contributed by atoms with Gasteiger partial charge < -0.3 is 14.2 Å². The highest BCUT2D eigenvalue weighted by Gasteiger charge is 2.19. The van der Waals surface area contributed by atoms with Crippen LogP contribution < -0.4 is 0 Å². The molecule has 0 N–H and O–H groups in total. The maximum Gasteiger partial charge on any atom is 0.306 e. The summed E-state index contributed by atoms with van der Waals surface area (Å²) < 4.78 is 16.8. The standard InChI is InChI=1S/C70H116O6/c1-4-7-10-13-16-18-20-22-24-26-28-29-30-31-32-33-34-35-36-37-38-39-40-41-43-44-46-48-50-52-54-57-60-63-69(72)75-66-67(65-74-68(71)62-59-56-15-12-9-6-3)76-70(73)64-61-58-55-53-51-49-47-45-42-27-25-23-21-19-17-14-11-8-5-2/h7,10,16-19,22-25,28-29,31-32,34-35,37-38,42,45,67H,4-6,8-9,11-15,20-21,26-27,30,33,36,39-41,43-44,46-66H2,1-3H3/b10-7-,18-16-,19-17-,24-22-,25-23-,29-28-,32-31-,35-34-,38-37-,45-42-. The molecule has 0 saturated heterocycles. The van der Waals surface area contributed by atoms with Gasteiger partial charge in [-0.05, 0) is 116 Å². The fourth-order valence-electron chi connectivity index (χ4n) is 8.49. The van der Waals surface area contributed by atoms with E-state index >= 15 is 0 Å². The second-order valence-electron chi connectivity index (χ2n) is 20.6. The minimum atomic E-state index is -0.785. The minimum Gasteiger partial charge on any atom is -0.462 e. The van der Waals surface area contributed by atoms with E-state index in [1.165, 1.54) is 116 Å². The molecule has 0 radical (unpaired) electrons. The van der Waals surface area contributed by atoms with Gasteiger partial charge in [-0.25, -0.2) is 0 Å². The number of ether oxygens (including phenoxy) is 3. The number of hydrogen-bond donors (Lipinski definition) is 0. The van der Waals surface area contributed by atoms with Crippen LogP contribution in [0.15, 0.2) is 122 Å². The van der Waals surface area contributed by atoms with Gasteiger partial charge >= 0.3 is 17.9 Å². The largest absolute Gasteiger partial charge is 0.462 e. The Hall–Kier alpha value is -4.19. The van der Waals surface area contributed by atoms with Crippen LogP contribution in [0.25, 0.3) is 0 Å². The van der Waals surface area contributed by atoms with E-state index in [9.17, 15) is 14.4 Å². The number of carbonyl (C=O) groups is 3. The summed E-state index contributed by atoms with van der Waals surface area (Å²) in [5, 5.41) is 0. The molecule has 0 bridgehead atoms. The molecule has 0 heterocycles. The zero-order chi connectivity index (χ0) is 55.0. The third-order valence-electron chi connectivity index (χ3n) is 13.2. The molecule has 1 atom stereocenters. The average molecular weight is 1050 g/mol. The predicted molar refractivity (Wildman–Crippen MR) is 330 cm³/mol. The third kappa shape index (κ3) is 60.7. The highest BCUT2D eigenvalue weighted by Crippen LogP contribution is 2.15. The number of hydrogen-bond acceptors (Lipinski definition) is 6. The van der Waals surface area contributed by atoms with Crippen molar-refractivity contribution in [1.29, 1.82) is 0 Å². The molecular weight excluding hydrogens is 937 g/mol. The fraction of sp³-hybridized carbons (Fsp3) is 0.671. The Morgan fingerprint density at radius 2 is 0.513 bits per heavy atom. The van der Waals surface area contributed by atoms with Crippen LogP contribution in [0.2, 0.25) is 0 Å². The maximum atomic E-state index is 12.8. The zero-order valence-corrected chi connectivity index (χ0v) is 49.5. The van der Waals surface area contributed by atoms with Crippen molar-refractivity contribution in [2.75, 3.05) is 13.2 Å². The van der Waals surface area contributed by atoms with Crippen molar-refractivity contribution in [1.82, 2.24) is 0 Å². The molecule has 0 aliphatic carbocycles. The van der Waals surface area contributed by atoms with Crippen LogP contribution in [-0.2, 0) is 28.6 Å². The lowest BCUT2D eigenvalue weighted by molar-refractivity contribution is -0.167. The van der Waals surface area contributed by atoms with E-state index in [2.05, 4.69) is 142 Å². The van der Waals surface area contributed by atoms with Crippen LogP contribution in [0, 0.1) is 0 Å². The van der Waals surface area contributed by atoms with E-state index in [1.807, 2.05) is 0 Å². The molecule has 432 valence electrons. The van der Waals surface area contributed by atoms with Crippen LogP contribution in [0.5, 0.6) is 0 Å². The first-order valence-corrected chi connectivity index (χ1v) is 31.5. The molecule has 0 amide bonds. The van der Waals surface area contributed by atoms with Gasteiger partial charge in [-0.1, -0.05) is 271 Å². The fourth-order valence-corrected chi connectivity index (χ4v) is 8.49. The summed E-state index contributed by atoms with van der Waals surface area (Å²) >= 11 is 0. The van der Waals surface area contributed by atoms with Gasteiger partial charge in [-0.2, -0.15) is 0 Å². The second-order valence-corrected chi connectivity index (χ2v) is 20.6. The lowest BCUT2D eigenvalue weighted by atomic mass is 10.0. The zero-order valence-electron chi connectivity index (χ0n) is 49.5. The van der Waals surface area contributed by atoms with Gasteiger partial charge in [0.25, 0.3) is 0 Å². The number of allylic oxidation sites excluding steroid dienone is 20. The maximum absolute atomic E-state index is 12.8. The van der Waals surface area contributed by atoms with E-state index in [0.29, 0.717) is 19.3 Å². The summed E-state index contributed by atoms with van der Waals surface area (Å²) in [7, 11) is 0. The van der Waals surface area contributed by atoms with Gasteiger partial charge in [0.2, 0.25) is 0 Å². The SMILES string of the molecule is CC/C=C\C/C=C\C/C=C\C/C=C\C/C=C\C/C=C\C/C=C\CCCCCCCCCCCCCC(=O)OCC(COC(=O)CCCCCCCC)OC(=O)CCCCCCCC/C=C\C/C=C\C/C=C\CCCCC. The van der Waals surface area contributed by atoms with Crippen molar-refractivity contribution in [3.05, 3.63) is 122 Å². The minimum absolute atomic E-state index is 0.0847. The van der Waals surface area contributed by atoms with Crippen molar-refractivity contribution >= 4 is 17.9 Å². The molecule has 1 unspecified atom stereocenters. The molecular formula is C70H116O6. The van der Waals surface area contributed by atoms with E-state index in [4.69, 9.17) is 14.2 Å². The number of esters is 3. The van der Waals surface area contributed by atoms with Crippen molar-refractivity contribution in [3.63, 3.8) is 0 Å². The first-order chi connectivity index (χ1) is 37.5. The van der Waals surface area contributed by atoms with Crippen LogP contribution in [0.4, 0.5) is 0 Å². The highest BCUT2D eigenvalue weighted by atomic mass is 16.6. The third-order valence-corrected chi connectivity index (χ3v) is 13.2. The molecule has 6 nitrogen and oxygen atoms in total. The smallest absolute Gasteiger partial charge is 0.306 e. The molecule has 76 heavy (non-hydrogen) atoms. The van der Waals surface area contributed by atoms with Gasteiger partial charge in [0.1, 0.15) is 13.2 Å². The molecule has 0 aliphatic rings. The summed E-state index contributed by atoms with van der Waals surface area (Å²) in [6.07, 6.45) is 88.1. The van der Waals surface area contributed by atoms with Gasteiger partial charge in [0, 0.05) is 19.3 Å². The summed E-state index contributed by atoms with van der Waals surface area (Å²) in [6, 6.07) is 0. The summed E-state index contributed by atoms with van der Waals surface area (Å²) in [5.41, 5.74) is 0. The Bertz CT molecular complexity index is 1590.